The average Bonchev–Trinajstić information content (AvgIpc) is 3.18. The summed E-state index contributed by atoms with van der Waals surface area (Å²) in [7, 11) is -4.36. The Morgan fingerprint density at radius 2 is 1.54 bits per heavy atom. The zero-order valence-corrected chi connectivity index (χ0v) is 22.9. The van der Waals surface area contributed by atoms with Crippen molar-refractivity contribution in [3.05, 3.63) is 80.5 Å². The minimum absolute atomic E-state index is 0.00769. The van der Waals surface area contributed by atoms with Gasteiger partial charge in [-0.2, -0.15) is 18.5 Å². The van der Waals surface area contributed by atoms with Crippen LogP contribution in [0, 0.1) is 0 Å². The normalized spacial score (nSPS) is 15.3. The van der Waals surface area contributed by atoms with Crippen LogP contribution in [0.5, 0.6) is 5.88 Å². The molecule has 2 aromatic rings. The van der Waals surface area contributed by atoms with Crippen LogP contribution >= 0.6 is 0 Å². The van der Waals surface area contributed by atoms with Crippen molar-refractivity contribution >= 4 is 33.5 Å². The molecule has 1 aromatic carbocycles. The standard InChI is InChI=1S/C27H32N4O7S/c1-4-6-17-29-24(32)23(25(33)30(27(29)35)18-7-5-2)12-10-8-9-11-22-19(3)28-31(26(22)34)20-13-15-21(16-14-20)39(36,37)38/h8-16,32H,4-7,17-18H2,1-3H3,(H,36,37,38)/b9-8+,12-10+,22-11-. The second kappa shape index (κ2) is 12.7. The number of nitrogens with zero attached hydrogens (tertiary/aromatic N) is 4. The molecule has 1 amide bonds. The number of hydrazone groups is 1. The third-order valence-corrected chi connectivity index (χ3v) is 6.96. The van der Waals surface area contributed by atoms with Gasteiger partial charge in [0.15, 0.2) is 0 Å². The first-order valence-electron chi connectivity index (χ1n) is 12.6. The van der Waals surface area contributed by atoms with Gasteiger partial charge in [-0.25, -0.2) is 4.79 Å². The third-order valence-electron chi connectivity index (χ3n) is 6.09. The molecule has 208 valence electrons. The number of hydrogen-bond acceptors (Lipinski definition) is 7. The van der Waals surface area contributed by atoms with Crippen LogP contribution in [-0.2, 0) is 28.0 Å². The van der Waals surface area contributed by atoms with Gasteiger partial charge in [-0.1, -0.05) is 44.9 Å². The van der Waals surface area contributed by atoms with E-state index in [0.717, 1.165) is 22.4 Å². The van der Waals surface area contributed by atoms with Gasteiger partial charge in [-0.15, -0.1) is 0 Å². The molecular formula is C27H32N4O7S. The maximum atomic E-state index is 12.9. The molecular weight excluding hydrogens is 524 g/mol. The van der Waals surface area contributed by atoms with E-state index in [9.17, 15) is 27.9 Å². The first-order valence-corrected chi connectivity index (χ1v) is 14.0. The molecule has 1 aromatic heterocycles. The first-order chi connectivity index (χ1) is 18.5. The molecule has 2 heterocycles. The van der Waals surface area contributed by atoms with Crippen LogP contribution in [-0.4, -0.2) is 38.8 Å². The summed E-state index contributed by atoms with van der Waals surface area (Å²) >= 11 is 0. The Hall–Kier alpha value is -4.03. The Balaban J connectivity index is 1.83. The summed E-state index contributed by atoms with van der Waals surface area (Å²) < 4.78 is 34.0. The minimum Gasteiger partial charge on any atom is -0.494 e. The Bertz CT molecular complexity index is 1580. The summed E-state index contributed by atoms with van der Waals surface area (Å²) in [6, 6.07) is 5.07. The SMILES string of the molecule is CCCCn1c(O)c(/C=C/C=C/C=C2\C(=O)N(c3ccc(S(=O)(=O)O)cc3)N=C2C)c(=O)n(CCCC)c1=O. The van der Waals surface area contributed by atoms with E-state index in [1.807, 2.05) is 13.8 Å². The summed E-state index contributed by atoms with van der Waals surface area (Å²) in [6.07, 6.45) is 10.6. The predicted molar refractivity (Wildman–Crippen MR) is 150 cm³/mol. The fourth-order valence-electron chi connectivity index (χ4n) is 3.90. The molecule has 2 N–H and O–H groups in total. The smallest absolute Gasteiger partial charge is 0.333 e. The average molecular weight is 557 g/mol. The van der Waals surface area contributed by atoms with E-state index in [1.54, 1.807) is 25.2 Å². The van der Waals surface area contributed by atoms with Gasteiger partial charge in [0.2, 0.25) is 5.88 Å². The lowest BCUT2D eigenvalue weighted by Gasteiger charge is -2.14. The van der Waals surface area contributed by atoms with E-state index in [0.29, 0.717) is 36.4 Å². The number of anilines is 1. The first kappa shape index (κ1) is 29.5. The molecule has 39 heavy (non-hydrogen) atoms. The summed E-state index contributed by atoms with van der Waals surface area (Å²) in [4.78, 5) is 38.3. The number of benzene rings is 1. The van der Waals surface area contributed by atoms with E-state index in [2.05, 4.69) is 5.10 Å². The van der Waals surface area contributed by atoms with Gasteiger partial charge >= 0.3 is 5.69 Å². The van der Waals surface area contributed by atoms with Crippen molar-refractivity contribution in [1.29, 1.82) is 0 Å². The predicted octanol–water partition coefficient (Wildman–Crippen LogP) is 3.48. The van der Waals surface area contributed by atoms with Crippen molar-refractivity contribution in [3.63, 3.8) is 0 Å². The Kier molecular flexibility index (Phi) is 9.60. The lowest BCUT2D eigenvalue weighted by atomic mass is 10.1. The van der Waals surface area contributed by atoms with E-state index in [1.165, 1.54) is 41.0 Å². The molecule has 3 rings (SSSR count). The number of allylic oxidation sites excluding steroid dienone is 4. The van der Waals surface area contributed by atoms with Crippen LogP contribution < -0.4 is 16.3 Å². The third kappa shape index (κ3) is 6.70. The molecule has 1 aliphatic heterocycles. The molecule has 0 bridgehead atoms. The zero-order chi connectivity index (χ0) is 28.7. The Morgan fingerprint density at radius 3 is 2.13 bits per heavy atom. The van der Waals surface area contributed by atoms with Crippen molar-refractivity contribution < 1.29 is 22.9 Å². The fraction of sp³-hybridized carbons (Fsp3) is 0.333. The van der Waals surface area contributed by atoms with Crippen LogP contribution in [0.25, 0.3) is 6.08 Å². The number of aromatic hydroxyl groups is 1. The van der Waals surface area contributed by atoms with Gasteiger partial charge in [0, 0.05) is 13.1 Å². The summed E-state index contributed by atoms with van der Waals surface area (Å²) in [5, 5.41) is 16.0. The summed E-state index contributed by atoms with van der Waals surface area (Å²) in [5.74, 6) is -0.806. The maximum absolute atomic E-state index is 12.9. The number of carbonyl (C=O) groups excluding carboxylic acids is 1. The van der Waals surface area contributed by atoms with Gasteiger partial charge in [-0.3, -0.25) is 23.3 Å². The van der Waals surface area contributed by atoms with E-state index >= 15 is 0 Å². The molecule has 0 aliphatic carbocycles. The lowest BCUT2D eigenvalue weighted by molar-refractivity contribution is -0.114. The van der Waals surface area contributed by atoms with Gasteiger partial charge in [0.05, 0.1) is 21.9 Å². The van der Waals surface area contributed by atoms with Crippen LogP contribution in [0.1, 0.15) is 52.0 Å². The molecule has 0 spiro atoms. The van der Waals surface area contributed by atoms with Gasteiger partial charge in [0.25, 0.3) is 21.6 Å². The highest BCUT2D eigenvalue weighted by Crippen LogP contribution is 2.25. The van der Waals surface area contributed by atoms with Crippen molar-refractivity contribution in [2.75, 3.05) is 5.01 Å². The molecule has 0 atom stereocenters. The molecule has 0 radical (unpaired) electrons. The van der Waals surface area contributed by atoms with Gasteiger partial charge in [0.1, 0.15) is 5.56 Å². The van der Waals surface area contributed by atoms with Crippen molar-refractivity contribution in [1.82, 2.24) is 9.13 Å². The molecule has 0 saturated heterocycles. The molecule has 1 aliphatic rings. The largest absolute Gasteiger partial charge is 0.494 e. The van der Waals surface area contributed by atoms with Crippen molar-refractivity contribution in [3.8, 4) is 5.88 Å². The highest BCUT2D eigenvalue weighted by Gasteiger charge is 2.28. The summed E-state index contributed by atoms with van der Waals surface area (Å²) in [5.41, 5.74) is -0.0153. The minimum atomic E-state index is -4.36. The topological polar surface area (TPSA) is 151 Å². The van der Waals surface area contributed by atoms with Crippen molar-refractivity contribution in [2.45, 2.75) is 64.4 Å². The van der Waals surface area contributed by atoms with Crippen LogP contribution in [0.15, 0.2) is 73.7 Å². The number of amides is 1. The van der Waals surface area contributed by atoms with Crippen LogP contribution in [0.3, 0.4) is 0 Å². The summed E-state index contributed by atoms with van der Waals surface area (Å²) in [6.45, 7) is 6.14. The second-order valence-corrected chi connectivity index (χ2v) is 10.4. The Labute approximate surface area is 226 Å². The fourth-order valence-corrected chi connectivity index (χ4v) is 4.38. The van der Waals surface area contributed by atoms with E-state index < -0.39 is 27.3 Å². The number of rotatable bonds is 11. The van der Waals surface area contributed by atoms with E-state index in [-0.39, 0.29) is 22.9 Å². The highest BCUT2D eigenvalue weighted by atomic mass is 32.2. The number of unbranched alkanes of at least 4 members (excludes halogenated alkanes) is 2. The molecule has 12 heteroatoms. The van der Waals surface area contributed by atoms with Gasteiger partial charge < -0.3 is 5.11 Å². The second-order valence-electron chi connectivity index (χ2n) is 8.93. The number of carbonyl (C=O) groups is 1. The lowest BCUT2D eigenvalue weighted by Crippen LogP contribution is -2.41. The monoisotopic (exact) mass is 556 g/mol. The van der Waals surface area contributed by atoms with Crippen molar-refractivity contribution in [2.24, 2.45) is 5.10 Å². The maximum Gasteiger partial charge on any atom is 0.333 e. The highest BCUT2D eigenvalue weighted by molar-refractivity contribution is 7.85. The molecule has 0 unspecified atom stereocenters. The molecule has 0 fully saturated rings. The number of hydrogen-bond donors (Lipinski definition) is 2. The molecule has 11 nitrogen and oxygen atoms in total. The van der Waals surface area contributed by atoms with E-state index in [4.69, 9.17) is 4.55 Å². The number of aromatic nitrogens is 2. The Morgan fingerprint density at radius 1 is 0.923 bits per heavy atom. The zero-order valence-electron chi connectivity index (χ0n) is 22.1. The van der Waals surface area contributed by atoms with Crippen LogP contribution in [0.2, 0.25) is 0 Å². The van der Waals surface area contributed by atoms with Crippen LogP contribution in [0.4, 0.5) is 5.69 Å². The molecule has 0 saturated carbocycles. The quantitative estimate of drug-likeness (QED) is 0.244. The van der Waals surface area contributed by atoms with Gasteiger partial charge in [-0.05, 0) is 56.2 Å².